The first-order valence-corrected chi connectivity index (χ1v) is 5.03. The quantitative estimate of drug-likeness (QED) is 0.565. The SMILES string of the molecule is CC(CNc1c([N+](=O)[O-])ncn1C)CC(=O)O. The van der Waals surface area contributed by atoms with Crippen LogP contribution >= 0.6 is 0 Å². The van der Waals surface area contributed by atoms with Gasteiger partial charge in [0, 0.05) is 20.0 Å². The van der Waals surface area contributed by atoms with Crippen LogP contribution in [0.2, 0.25) is 0 Å². The molecule has 0 saturated carbocycles. The predicted octanol–water partition coefficient (Wildman–Crippen LogP) is 0.851. The second kappa shape index (κ2) is 5.28. The van der Waals surface area contributed by atoms with Crippen LogP contribution in [-0.2, 0) is 11.8 Å². The summed E-state index contributed by atoms with van der Waals surface area (Å²) in [5.74, 6) is -0.983. The van der Waals surface area contributed by atoms with Crippen LogP contribution in [0.4, 0.5) is 11.6 Å². The third kappa shape index (κ3) is 3.44. The number of rotatable bonds is 6. The molecule has 8 heteroatoms. The molecule has 0 radical (unpaired) electrons. The summed E-state index contributed by atoms with van der Waals surface area (Å²) < 4.78 is 1.49. The van der Waals surface area contributed by atoms with Crippen molar-refractivity contribution in [3.63, 3.8) is 0 Å². The van der Waals surface area contributed by atoms with E-state index >= 15 is 0 Å². The number of aliphatic carboxylic acids is 1. The lowest BCUT2D eigenvalue weighted by Gasteiger charge is -2.10. The van der Waals surface area contributed by atoms with E-state index in [2.05, 4.69) is 10.3 Å². The predicted molar refractivity (Wildman–Crippen MR) is 59.8 cm³/mol. The fourth-order valence-corrected chi connectivity index (χ4v) is 1.40. The lowest BCUT2D eigenvalue weighted by molar-refractivity contribution is -0.388. The summed E-state index contributed by atoms with van der Waals surface area (Å²) in [6, 6.07) is 0. The van der Waals surface area contributed by atoms with Crippen molar-refractivity contribution in [1.82, 2.24) is 9.55 Å². The maximum Gasteiger partial charge on any atom is 0.406 e. The van der Waals surface area contributed by atoms with Crippen LogP contribution < -0.4 is 5.32 Å². The molecule has 8 nitrogen and oxygen atoms in total. The zero-order chi connectivity index (χ0) is 13.0. The largest absolute Gasteiger partial charge is 0.481 e. The maximum absolute atomic E-state index is 10.7. The summed E-state index contributed by atoms with van der Waals surface area (Å²) in [6.45, 7) is 2.09. The number of hydrogen-bond acceptors (Lipinski definition) is 5. The van der Waals surface area contributed by atoms with E-state index in [9.17, 15) is 14.9 Å². The van der Waals surface area contributed by atoms with E-state index < -0.39 is 10.9 Å². The van der Waals surface area contributed by atoms with E-state index in [0.29, 0.717) is 6.54 Å². The van der Waals surface area contributed by atoms with Crippen LogP contribution in [0.5, 0.6) is 0 Å². The minimum Gasteiger partial charge on any atom is -0.481 e. The molecule has 0 aliphatic heterocycles. The highest BCUT2D eigenvalue weighted by atomic mass is 16.6. The fourth-order valence-electron chi connectivity index (χ4n) is 1.40. The van der Waals surface area contributed by atoms with Crippen molar-refractivity contribution in [1.29, 1.82) is 0 Å². The van der Waals surface area contributed by atoms with Gasteiger partial charge in [-0.1, -0.05) is 6.92 Å². The molecule has 1 heterocycles. The molecule has 94 valence electrons. The third-order valence-corrected chi connectivity index (χ3v) is 2.23. The number of aromatic nitrogens is 2. The van der Waals surface area contributed by atoms with Crippen molar-refractivity contribution in [2.75, 3.05) is 11.9 Å². The van der Waals surface area contributed by atoms with Gasteiger partial charge in [-0.15, -0.1) is 0 Å². The summed E-state index contributed by atoms with van der Waals surface area (Å²) in [5.41, 5.74) is 0. The molecule has 1 unspecified atom stereocenters. The first-order chi connectivity index (χ1) is 7.91. The average Bonchev–Trinajstić information content (AvgIpc) is 2.55. The van der Waals surface area contributed by atoms with Gasteiger partial charge in [0.15, 0.2) is 0 Å². The van der Waals surface area contributed by atoms with E-state index in [1.165, 1.54) is 10.9 Å². The number of nitrogens with one attached hydrogen (secondary N) is 1. The van der Waals surface area contributed by atoms with Gasteiger partial charge in [0.1, 0.15) is 0 Å². The molecule has 0 amide bonds. The highest BCUT2D eigenvalue weighted by molar-refractivity contribution is 5.67. The van der Waals surface area contributed by atoms with Gasteiger partial charge in [-0.25, -0.2) is 0 Å². The molecule has 1 aromatic rings. The molecule has 17 heavy (non-hydrogen) atoms. The molecular weight excluding hydrogens is 228 g/mol. The van der Waals surface area contributed by atoms with Gasteiger partial charge in [0.25, 0.3) is 0 Å². The Hall–Kier alpha value is -2.12. The maximum atomic E-state index is 10.7. The van der Waals surface area contributed by atoms with Gasteiger partial charge in [0.05, 0.1) is 0 Å². The van der Waals surface area contributed by atoms with Crippen molar-refractivity contribution in [3.8, 4) is 0 Å². The van der Waals surface area contributed by atoms with Crippen LogP contribution in [0.25, 0.3) is 0 Å². The number of carbonyl (C=O) groups is 1. The van der Waals surface area contributed by atoms with Crippen molar-refractivity contribution < 1.29 is 14.8 Å². The monoisotopic (exact) mass is 242 g/mol. The molecule has 0 spiro atoms. The van der Waals surface area contributed by atoms with Gasteiger partial charge >= 0.3 is 11.8 Å². The number of nitro groups is 1. The van der Waals surface area contributed by atoms with Crippen molar-refractivity contribution in [2.45, 2.75) is 13.3 Å². The number of nitrogens with zero attached hydrogens (tertiary/aromatic N) is 3. The summed E-state index contributed by atoms with van der Waals surface area (Å²) >= 11 is 0. The lowest BCUT2D eigenvalue weighted by atomic mass is 10.1. The molecular formula is C9H14N4O4. The van der Waals surface area contributed by atoms with E-state index in [4.69, 9.17) is 5.11 Å². The number of anilines is 1. The first kappa shape index (κ1) is 12.9. The fraction of sp³-hybridized carbons (Fsp3) is 0.556. The Morgan fingerprint density at radius 2 is 2.41 bits per heavy atom. The molecule has 0 aliphatic carbocycles. The number of carboxylic acid groups (broad SMARTS) is 1. The number of imidazole rings is 1. The van der Waals surface area contributed by atoms with E-state index in [-0.39, 0.29) is 24.0 Å². The van der Waals surface area contributed by atoms with Crippen molar-refractivity contribution >= 4 is 17.6 Å². The minimum atomic E-state index is -0.890. The van der Waals surface area contributed by atoms with Crippen LogP contribution in [0, 0.1) is 16.0 Å². The molecule has 1 atom stereocenters. The zero-order valence-corrected chi connectivity index (χ0v) is 9.58. The Bertz CT molecular complexity index is 429. The Morgan fingerprint density at radius 3 is 2.94 bits per heavy atom. The topological polar surface area (TPSA) is 110 Å². The van der Waals surface area contributed by atoms with Crippen LogP contribution in [0.3, 0.4) is 0 Å². The number of aryl methyl sites for hydroxylation is 1. The van der Waals surface area contributed by atoms with Crippen LogP contribution in [0.1, 0.15) is 13.3 Å². The Morgan fingerprint density at radius 1 is 1.76 bits per heavy atom. The normalized spacial score (nSPS) is 12.1. The molecule has 1 aromatic heterocycles. The average molecular weight is 242 g/mol. The Balaban J connectivity index is 2.65. The summed E-state index contributed by atoms with van der Waals surface area (Å²) in [5, 5.41) is 22.1. The number of hydrogen-bond donors (Lipinski definition) is 2. The molecule has 0 fully saturated rings. The lowest BCUT2D eigenvalue weighted by Crippen LogP contribution is -2.16. The summed E-state index contributed by atoms with van der Waals surface area (Å²) in [6.07, 6.45) is 1.35. The molecule has 0 aromatic carbocycles. The Labute approximate surface area is 97.4 Å². The highest BCUT2D eigenvalue weighted by Gasteiger charge is 2.20. The molecule has 0 bridgehead atoms. The highest BCUT2D eigenvalue weighted by Crippen LogP contribution is 2.21. The summed E-state index contributed by atoms with van der Waals surface area (Å²) in [7, 11) is 1.63. The third-order valence-electron chi connectivity index (χ3n) is 2.23. The van der Waals surface area contributed by atoms with E-state index in [1.807, 2.05) is 0 Å². The molecule has 2 N–H and O–H groups in total. The number of carboxylic acids is 1. The van der Waals surface area contributed by atoms with E-state index in [1.54, 1.807) is 14.0 Å². The van der Waals surface area contributed by atoms with Gasteiger partial charge in [0.2, 0.25) is 12.1 Å². The molecule has 0 saturated heterocycles. The second-order valence-electron chi connectivity index (χ2n) is 3.87. The smallest absolute Gasteiger partial charge is 0.406 e. The van der Waals surface area contributed by atoms with Crippen molar-refractivity contribution in [3.05, 3.63) is 16.4 Å². The van der Waals surface area contributed by atoms with Crippen LogP contribution in [0.15, 0.2) is 6.33 Å². The second-order valence-corrected chi connectivity index (χ2v) is 3.87. The van der Waals surface area contributed by atoms with Gasteiger partial charge in [-0.3, -0.25) is 9.36 Å². The van der Waals surface area contributed by atoms with Gasteiger partial charge < -0.3 is 20.5 Å². The Kier molecular flexibility index (Phi) is 4.02. The zero-order valence-electron chi connectivity index (χ0n) is 9.58. The van der Waals surface area contributed by atoms with Crippen LogP contribution in [-0.4, -0.2) is 32.1 Å². The minimum absolute atomic E-state index is 0.0125. The summed E-state index contributed by atoms with van der Waals surface area (Å²) in [4.78, 5) is 24.2. The van der Waals surface area contributed by atoms with Gasteiger partial charge in [-0.05, 0) is 15.8 Å². The first-order valence-electron chi connectivity index (χ1n) is 5.03. The van der Waals surface area contributed by atoms with Crippen molar-refractivity contribution in [2.24, 2.45) is 13.0 Å². The molecule has 1 rings (SSSR count). The molecule has 0 aliphatic rings. The van der Waals surface area contributed by atoms with E-state index in [0.717, 1.165) is 0 Å². The van der Waals surface area contributed by atoms with Gasteiger partial charge in [-0.2, -0.15) is 0 Å². The standard InChI is InChI=1S/C9H14N4O4/c1-6(3-7(14)15)4-10-8-9(13(16)17)11-5-12(8)2/h5-6,10H,3-4H2,1-2H3,(H,14,15).